The van der Waals surface area contributed by atoms with Gasteiger partial charge in [0.1, 0.15) is 23.0 Å². The van der Waals surface area contributed by atoms with Gasteiger partial charge in [-0.3, -0.25) is 4.79 Å². The van der Waals surface area contributed by atoms with Gasteiger partial charge in [0.05, 0.1) is 39.7 Å². The number of amides is 1. The zero-order chi connectivity index (χ0) is 17.7. The third kappa shape index (κ3) is 3.53. The van der Waals surface area contributed by atoms with E-state index in [2.05, 4.69) is 5.32 Å². The monoisotopic (exact) mass is 331 g/mol. The molecule has 2 rings (SSSR count). The van der Waals surface area contributed by atoms with Crippen LogP contribution in [-0.4, -0.2) is 34.3 Å². The number of anilines is 1. The second-order valence-electron chi connectivity index (χ2n) is 5.04. The molecule has 0 spiro atoms. The second kappa shape index (κ2) is 7.59. The molecular weight excluding hydrogens is 310 g/mol. The Morgan fingerprint density at radius 1 is 0.833 bits per heavy atom. The molecule has 6 nitrogen and oxygen atoms in total. The number of methoxy groups -OCH3 is 4. The molecule has 0 atom stereocenters. The van der Waals surface area contributed by atoms with Gasteiger partial charge in [0.15, 0.2) is 0 Å². The molecule has 0 fully saturated rings. The molecule has 0 aliphatic rings. The van der Waals surface area contributed by atoms with Crippen molar-refractivity contribution in [3.63, 3.8) is 0 Å². The fourth-order valence-electron chi connectivity index (χ4n) is 2.33. The van der Waals surface area contributed by atoms with Crippen LogP contribution in [0.4, 0.5) is 5.69 Å². The highest BCUT2D eigenvalue weighted by Crippen LogP contribution is 2.33. The summed E-state index contributed by atoms with van der Waals surface area (Å²) in [5.41, 5.74) is 1.78. The van der Waals surface area contributed by atoms with E-state index in [-0.39, 0.29) is 5.91 Å². The number of hydrogen-bond donors (Lipinski definition) is 1. The summed E-state index contributed by atoms with van der Waals surface area (Å²) < 4.78 is 21.1. The first-order valence-electron chi connectivity index (χ1n) is 7.30. The minimum absolute atomic E-state index is 0.338. The van der Waals surface area contributed by atoms with E-state index in [0.29, 0.717) is 34.2 Å². The largest absolute Gasteiger partial charge is 0.497 e. The lowest BCUT2D eigenvalue weighted by Gasteiger charge is -2.15. The molecule has 1 amide bonds. The number of benzene rings is 2. The summed E-state index contributed by atoms with van der Waals surface area (Å²) in [4.78, 5) is 12.7. The van der Waals surface area contributed by atoms with E-state index in [4.69, 9.17) is 18.9 Å². The topological polar surface area (TPSA) is 66.0 Å². The van der Waals surface area contributed by atoms with Crippen molar-refractivity contribution < 1.29 is 23.7 Å². The van der Waals surface area contributed by atoms with Crippen LogP contribution >= 0.6 is 0 Å². The van der Waals surface area contributed by atoms with Gasteiger partial charge in [-0.2, -0.15) is 0 Å². The standard InChI is InChI=1S/C18H21NO5/c1-11-8-17(24-5)14(10-16(11)23-4)19-18(20)13-9-12(21-2)6-7-15(13)22-3/h6-10H,1-5H3,(H,19,20). The number of ether oxygens (including phenoxy) is 4. The summed E-state index contributed by atoms with van der Waals surface area (Å²) in [5, 5.41) is 2.83. The van der Waals surface area contributed by atoms with Gasteiger partial charge in [0, 0.05) is 6.07 Å². The lowest BCUT2D eigenvalue weighted by molar-refractivity contribution is 0.102. The molecule has 0 aliphatic carbocycles. The fourth-order valence-corrected chi connectivity index (χ4v) is 2.33. The minimum Gasteiger partial charge on any atom is -0.497 e. The van der Waals surface area contributed by atoms with Crippen LogP contribution in [0.25, 0.3) is 0 Å². The molecule has 6 heteroatoms. The smallest absolute Gasteiger partial charge is 0.259 e. The lowest BCUT2D eigenvalue weighted by Crippen LogP contribution is -2.14. The maximum atomic E-state index is 12.7. The van der Waals surface area contributed by atoms with E-state index in [1.165, 1.54) is 14.2 Å². The molecule has 0 unspecified atom stereocenters. The molecule has 0 aromatic heterocycles. The van der Waals surface area contributed by atoms with Crippen LogP contribution in [0.15, 0.2) is 30.3 Å². The lowest BCUT2D eigenvalue weighted by atomic mass is 10.1. The zero-order valence-electron chi connectivity index (χ0n) is 14.4. The normalized spacial score (nSPS) is 10.0. The van der Waals surface area contributed by atoms with E-state index >= 15 is 0 Å². The van der Waals surface area contributed by atoms with Crippen molar-refractivity contribution in [2.24, 2.45) is 0 Å². The predicted molar refractivity (Wildman–Crippen MR) is 91.8 cm³/mol. The summed E-state index contributed by atoms with van der Waals surface area (Å²) in [7, 11) is 6.17. The molecule has 0 saturated carbocycles. The van der Waals surface area contributed by atoms with E-state index in [1.54, 1.807) is 44.6 Å². The van der Waals surface area contributed by atoms with Gasteiger partial charge in [-0.15, -0.1) is 0 Å². The van der Waals surface area contributed by atoms with Crippen molar-refractivity contribution in [3.05, 3.63) is 41.5 Å². The van der Waals surface area contributed by atoms with E-state index in [1.807, 2.05) is 6.92 Å². The maximum absolute atomic E-state index is 12.7. The van der Waals surface area contributed by atoms with Gasteiger partial charge < -0.3 is 24.3 Å². The van der Waals surface area contributed by atoms with Gasteiger partial charge in [-0.1, -0.05) is 0 Å². The van der Waals surface area contributed by atoms with E-state index < -0.39 is 0 Å². The quantitative estimate of drug-likeness (QED) is 0.880. The van der Waals surface area contributed by atoms with Crippen molar-refractivity contribution in [1.82, 2.24) is 0 Å². The molecule has 0 saturated heterocycles. The second-order valence-corrected chi connectivity index (χ2v) is 5.04. The first kappa shape index (κ1) is 17.5. The van der Waals surface area contributed by atoms with Crippen LogP contribution < -0.4 is 24.3 Å². The molecular formula is C18H21NO5. The van der Waals surface area contributed by atoms with Crippen LogP contribution in [-0.2, 0) is 0 Å². The van der Waals surface area contributed by atoms with Crippen LogP contribution in [0.3, 0.4) is 0 Å². The van der Waals surface area contributed by atoms with Crippen LogP contribution in [0.1, 0.15) is 15.9 Å². The number of carbonyl (C=O) groups excluding carboxylic acids is 1. The highest BCUT2D eigenvalue weighted by Gasteiger charge is 2.17. The van der Waals surface area contributed by atoms with Crippen molar-refractivity contribution in [2.75, 3.05) is 33.8 Å². The third-order valence-corrected chi connectivity index (χ3v) is 3.62. The van der Waals surface area contributed by atoms with Gasteiger partial charge in [-0.25, -0.2) is 0 Å². The molecule has 0 bridgehead atoms. The first-order valence-corrected chi connectivity index (χ1v) is 7.30. The number of carbonyl (C=O) groups is 1. The average molecular weight is 331 g/mol. The molecule has 0 radical (unpaired) electrons. The van der Waals surface area contributed by atoms with Crippen molar-refractivity contribution in [2.45, 2.75) is 6.92 Å². The summed E-state index contributed by atoms with van der Waals surface area (Å²) >= 11 is 0. The molecule has 2 aromatic carbocycles. The van der Waals surface area contributed by atoms with Gasteiger partial charge in [-0.05, 0) is 36.8 Å². The summed E-state index contributed by atoms with van der Waals surface area (Å²) in [6.45, 7) is 1.90. The Balaban J connectivity index is 2.39. The predicted octanol–water partition coefficient (Wildman–Crippen LogP) is 3.28. The Bertz CT molecular complexity index is 742. The van der Waals surface area contributed by atoms with Crippen molar-refractivity contribution >= 4 is 11.6 Å². The van der Waals surface area contributed by atoms with Gasteiger partial charge in [0.2, 0.25) is 0 Å². The number of aryl methyl sites for hydroxylation is 1. The summed E-state index contributed by atoms with van der Waals surface area (Å²) in [5.74, 6) is 1.88. The van der Waals surface area contributed by atoms with E-state index in [9.17, 15) is 4.79 Å². The number of nitrogens with one attached hydrogen (secondary N) is 1. The van der Waals surface area contributed by atoms with Crippen molar-refractivity contribution in [3.8, 4) is 23.0 Å². The highest BCUT2D eigenvalue weighted by atomic mass is 16.5. The molecule has 24 heavy (non-hydrogen) atoms. The Hall–Kier alpha value is -2.89. The summed E-state index contributed by atoms with van der Waals surface area (Å²) in [6, 6.07) is 8.55. The molecule has 1 N–H and O–H groups in total. The number of rotatable bonds is 6. The molecule has 2 aromatic rings. The summed E-state index contributed by atoms with van der Waals surface area (Å²) in [6.07, 6.45) is 0. The molecule has 0 heterocycles. The Morgan fingerprint density at radius 2 is 1.50 bits per heavy atom. The SMILES string of the molecule is COc1ccc(OC)c(C(=O)Nc2cc(OC)c(C)cc2OC)c1. The maximum Gasteiger partial charge on any atom is 0.259 e. The fraction of sp³-hybridized carbons (Fsp3) is 0.278. The minimum atomic E-state index is -0.338. The van der Waals surface area contributed by atoms with Crippen LogP contribution in [0.2, 0.25) is 0 Å². The third-order valence-electron chi connectivity index (χ3n) is 3.62. The average Bonchev–Trinajstić information content (AvgIpc) is 2.61. The zero-order valence-corrected chi connectivity index (χ0v) is 14.4. The Kier molecular flexibility index (Phi) is 5.52. The Labute approximate surface area is 141 Å². The van der Waals surface area contributed by atoms with E-state index in [0.717, 1.165) is 5.56 Å². The van der Waals surface area contributed by atoms with Crippen molar-refractivity contribution in [1.29, 1.82) is 0 Å². The van der Waals surface area contributed by atoms with Crippen LogP contribution in [0.5, 0.6) is 23.0 Å². The van der Waals surface area contributed by atoms with Crippen LogP contribution in [0, 0.1) is 6.92 Å². The Morgan fingerprint density at radius 3 is 2.08 bits per heavy atom. The molecule has 128 valence electrons. The highest BCUT2D eigenvalue weighted by molar-refractivity contribution is 6.07. The van der Waals surface area contributed by atoms with Gasteiger partial charge >= 0.3 is 0 Å². The molecule has 0 aliphatic heterocycles. The van der Waals surface area contributed by atoms with Gasteiger partial charge in [0.25, 0.3) is 5.91 Å². The first-order chi connectivity index (χ1) is 11.5. The number of hydrogen-bond acceptors (Lipinski definition) is 5.